The minimum Gasteiger partial charge on any atom is -0.390 e. The Morgan fingerprint density at radius 1 is 1.44 bits per heavy atom. The number of nitriles is 1. The molecule has 1 N–H and O–H groups in total. The molecule has 4 heteroatoms. The molecule has 0 amide bonds. The van der Waals surface area contributed by atoms with Gasteiger partial charge in [-0.3, -0.25) is 0 Å². The van der Waals surface area contributed by atoms with Gasteiger partial charge in [0.05, 0.1) is 18.4 Å². The predicted octanol–water partition coefficient (Wildman–Crippen LogP) is 2.16. The largest absolute Gasteiger partial charge is 0.390 e. The van der Waals surface area contributed by atoms with Crippen molar-refractivity contribution in [2.24, 2.45) is 0 Å². The van der Waals surface area contributed by atoms with Crippen LogP contribution in [0.1, 0.15) is 42.0 Å². The predicted molar refractivity (Wildman–Crippen MR) is 67.0 cm³/mol. The number of pyridine rings is 1. The maximum atomic E-state index is 9.17. The minimum atomic E-state index is -0.0435. The van der Waals surface area contributed by atoms with Gasteiger partial charge in [0, 0.05) is 18.8 Å². The Kier molecular flexibility index (Phi) is 2.77. The molecule has 18 heavy (non-hydrogen) atoms. The lowest BCUT2D eigenvalue weighted by Gasteiger charge is -2.06. The molecule has 1 fully saturated rings. The van der Waals surface area contributed by atoms with Gasteiger partial charge in [0.25, 0.3) is 0 Å². The van der Waals surface area contributed by atoms with Crippen molar-refractivity contribution in [3.63, 3.8) is 0 Å². The fourth-order valence-corrected chi connectivity index (χ4v) is 2.33. The second kappa shape index (κ2) is 4.43. The van der Waals surface area contributed by atoms with E-state index in [2.05, 4.69) is 23.3 Å². The highest BCUT2D eigenvalue weighted by atomic mass is 16.3. The number of imidazole rings is 1. The summed E-state index contributed by atoms with van der Waals surface area (Å²) in [4.78, 5) is 4.41. The van der Waals surface area contributed by atoms with Crippen LogP contribution in [0.3, 0.4) is 0 Å². The van der Waals surface area contributed by atoms with Gasteiger partial charge in [0.15, 0.2) is 0 Å². The van der Waals surface area contributed by atoms with Gasteiger partial charge in [-0.15, -0.1) is 0 Å². The van der Waals surface area contributed by atoms with Gasteiger partial charge in [-0.25, -0.2) is 4.98 Å². The Bertz CT molecular complexity index is 620. The number of hydrogen-bond donors (Lipinski definition) is 1. The standard InChI is InChI=1S/C14H15N3O/c15-5-1-2-11-6-12(10-3-4-10)7-17-8-13(9-18)16-14(11)17/h6-8,10,18H,1-4,9H2. The number of nitrogens with zero attached hydrogens (tertiary/aromatic N) is 3. The molecule has 1 saturated carbocycles. The topological polar surface area (TPSA) is 61.3 Å². The van der Waals surface area contributed by atoms with E-state index in [0.717, 1.165) is 17.6 Å². The van der Waals surface area contributed by atoms with Crippen LogP contribution in [0.4, 0.5) is 0 Å². The zero-order valence-corrected chi connectivity index (χ0v) is 10.1. The summed E-state index contributed by atoms with van der Waals surface area (Å²) in [6.07, 6.45) is 7.72. The Balaban J connectivity index is 2.09. The van der Waals surface area contributed by atoms with E-state index in [1.807, 2.05) is 10.6 Å². The molecule has 1 aliphatic carbocycles. The Morgan fingerprint density at radius 3 is 2.94 bits per heavy atom. The molecule has 2 aromatic heterocycles. The molecule has 2 aromatic rings. The Labute approximate surface area is 106 Å². The van der Waals surface area contributed by atoms with Crippen molar-refractivity contribution in [1.29, 1.82) is 5.26 Å². The summed E-state index contributed by atoms with van der Waals surface area (Å²) in [6.45, 7) is -0.0435. The van der Waals surface area contributed by atoms with Crippen LogP contribution in [0, 0.1) is 11.3 Å². The van der Waals surface area contributed by atoms with Crippen LogP contribution in [0.5, 0.6) is 0 Å². The lowest BCUT2D eigenvalue weighted by Crippen LogP contribution is -1.95. The van der Waals surface area contributed by atoms with Crippen molar-refractivity contribution in [1.82, 2.24) is 9.38 Å². The van der Waals surface area contributed by atoms with E-state index in [0.29, 0.717) is 18.0 Å². The van der Waals surface area contributed by atoms with Gasteiger partial charge >= 0.3 is 0 Å². The van der Waals surface area contributed by atoms with Crippen molar-refractivity contribution in [3.8, 4) is 6.07 Å². The lowest BCUT2D eigenvalue weighted by atomic mass is 10.1. The molecule has 0 aliphatic heterocycles. The van der Waals surface area contributed by atoms with E-state index >= 15 is 0 Å². The van der Waals surface area contributed by atoms with Crippen molar-refractivity contribution in [2.45, 2.75) is 38.2 Å². The lowest BCUT2D eigenvalue weighted by molar-refractivity contribution is 0.277. The monoisotopic (exact) mass is 241 g/mol. The van der Waals surface area contributed by atoms with Gasteiger partial charge < -0.3 is 9.51 Å². The number of aliphatic hydroxyl groups is 1. The normalized spacial score (nSPS) is 14.9. The molecule has 3 rings (SSSR count). The maximum Gasteiger partial charge on any atom is 0.140 e. The molecule has 0 unspecified atom stereocenters. The number of aromatic nitrogens is 2. The zero-order valence-electron chi connectivity index (χ0n) is 10.1. The SMILES string of the molecule is N#CCCc1cc(C2CC2)cn2cc(CO)nc12. The van der Waals surface area contributed by atoms with Gasteiger partial charge in [-0.05, 0) is 36.3 Å². The molecule has 4 nitrogen and oxygen atoms in total. The molecule has 1 aliphatic rings. The van der Waals surface area contributed by atoms with E-state index in [1.165, 1.54) is 18.4 Å². The van der Waals surface area contributed by atoms with Crippen LogP contribution >= 0.6 is 0 Å². The second-order valence-electron chi connectivity index (χ2n) is 4.85. The molecule has 0 radical (unpaired) electrons. The average molecular weight is 241 g/mol. The zero-order chi connectivity index (χ0) is 12.5. The van der Waals surface area contributed by atoms with E-state index < -0.39 is 0 Å². The molecule has 0 spiro atoms. The first-order valence-electron chi connectivity index (χ1n) is 6.30. The van der Waals surface area contributed by atoms with Crippen molar-refractivity contribution in [2.75, 3.05) is 0 Å². The van der Waals surface area contributed by atoms with Gasteiger partial charge in [-0.2, -0.15) is 5.26 Å². The fraction of sp³-hybridized carbons (Fsp3) is 0.429. The average Bonchev–Trinajstić information content (AvgIpc) is 3.15. The number of rotatable bonds is 4. The van der Waals surface area contributed by atoms with Crippen molar-refractivity contribution < 1.29 is 5.11 Å². The highest BCUT2D eigenvalue weighted by Crippen LogP contribution is 2.40. The molecule has 0 saturated heterocycles. The fourth-order valence-electron chi connectivity index (χ4n) is 2.33. The van der Waals surface area contributed by atoms with Crippen molar-refractivity contribution in [3.05, 3.63) is 35.3 Å². The highest BCUT2D eigenvalue weighted by molar-refractivity contribution is 5.51. The summed E-state index contributed by atoms with van der Waals surface area (Å²) >= 11 is 0. The first kappa shape index (κ1) is 11.2. The summed E-state index contributed by atoms with van der Waals surface area (Å²) in [5.41, 5.74) is 4.00. The van der Waals surface area contributed by atoms with Crippen LogP contribution in [0.2, 0.25) is 0 Å². The van der Waals surface area contributed by atoms with E-state index in [4.69, 9.17) is 10.4 Å². The number of fused-ring (bicyclic) bond motifs is 1. The molecule has 92 valence electrons. The minimum absolute atomic E-state index is 0.0435. The highest BCUT2D eigenvalue weighted by Gasteiger charge is 2.24. The molecular formula is C14H15N3O. The first-order valence-corrected chi connectivity index (χ1v) is 6.30. The van der Waals surface area contributed by atoms with Crippen LogP contribution in [0.25, 0.3) is 5.65 Å². The third-order valence-electron chi connectivity index (χ3n) is 3.42. The molecule has 0 aromatic carbocycles. The Morgan fingerprint density at radius 2 is 2.28 bits per heavy atom. The first-order chi connectivity index (χ1) is 8.81. The van der Waals surface area contributed by atoms with Gasteiger partial charge in [0.1, 0.15) is 5.65 Å². The number of aliphatic hydroxyl groups excluding tert-OH is 1. The van der Waals surface area contributed by atoms with Crippen molar-refractivity contribution >= 4 is 5.65 Å². The van der Waals surface area contributed by atoms with Crippen LogP contribution in [-0.4, -0.2) is 14.5 Å². The second-order valence-corrected chi connectivity index (χ2v) is 4.85. The Hall–Kier alpha value is -1.86. The van der Waals surface area contributed by atoms with Gasteiger partial charge in [0.2, 0.25) is 0 Å². The van der Waals surface area contributed by atoms with E-state index in [-0.39, 0.29) is 6.61 Å². The quantitative estimate of drug-likeness (QED) is 0.892. The van der Waals surface area contributed by atoms with Crippen LogP contribution < -0.4 is 0 Å². The number of aryl methyl sites for hydroxylation is 1. The summed E-state index contributed by atoms with van der Waals surface area (Å²) in [6, 6.07) is 4.36. The van der Waals surface area contributed by atoms with E-state index in [1.54, 1.807) is 0 Å². The summed E-state index contributed by atoms with van der Waals surface area (Å²) < 4.78 is 1.99. The maximum absolute atomic E-state index is 9.17. The molecule has 2 heterocycles. The summed E-state index contributed by atoms with van der Waals surface area (Å²) in [5.74, 6) is 0.676. The molecule has 0 atom stereocenters. The molecular weight excluding hydrogens is 226 g/mol. The smallest absolute Gasteiger partial charge is 0.140 e. The summed E-state index contributed by atoms with van der Waals surface area (Å²) in [5, 5.41) is 17.9. The third-order valence-corrected chi connectivity index (χ3v) is 3.42. The molecule has 0 bridgehead atoms. The third kappa shape index (κ3) is 1.98. The number of hydrogen-bond acceptors (Lipinski definition) is 3. The van der Waals surface area contributed by atoms with Crippen LogP contribution in [-0.2, 0) is 13.0 Å². The van der Waals surface area contributed by atoms with Gasteiger partial charge in [-0.1, -0.05) is 6.07 Å². The summed E-state index contributed by atoms with van der Waals surface area (Å²) in [7, 11) is 0. The van der Waals surface area contributed by atoms with Crippen LogP contribution in [0.15, 0.2) is 18.5 Å². The van der Waals surface area contributed by atoms with E-state index in [9.17, 15) is 0 Å².